The van der Waals surface area contributed by atoms with Crippen LogP contribution in [0.5, 0.6) is 0 Å². The summed E-state index contributed by atoms with van der Waals surface area (Å²) in [6.45, 7) is 5.96. The lowest BCUT2D eigenvalue weighted by Crippen LogP contribution is -2.08. The molecule has 1 N–H and O–H groups in total. The van der Waals surface area contributed by atoms with Gasteiger partial charge in [-0.15, -0.1) is 0 Å². The smallest absolute Gasteiger partial charge is 0.230 e. The maximum atomic E-state index is 4.80. The quantitative estimate of drug-likeness (QED) is 0.774. The van der Waals surface area contributed by atoms with Crippen molar-refractivity contribution in [3.63, 3.8) is 0 Å². The average Bonchev–Trinajstić information content (AvgIpc) is 2.53. The Balaban J connectivity index is 1.81. The van der Waals surface area contributed by atoms with Crippen molar-refractivity contribution < 1.29 is 0 Å². The predicted octanol–water partition coefficient (Wildman–Crippen LogP) is 3.97. The Morgan fingerprint density at radius 1 is 0.833 bits per heavy atom. The van der Waals surface area contributed by atoms with E-state index in [1.54, 1.807) is 0 Å². The fourth-order valence-corrected chi connectivity index (χ4v) is 3.52. The number of fused-ring (bicyclic) bond motifs is 3. The van der Waals surface area contributed by atoms with Gasteiger partial charge in [0.15, 0.2) is 0 Å². The first kappa shape index (κ1) is 15.0. The molecule has 1 aliphatic carbocycles. The molecular weight excluding hydrogens is 298 g/mol. The third-order valence-corrected chi connectivity index (χ3v) is 4.59. The van der Waals surface area contributed by atoms with Gasteiger partial charge in [-0.1, -0.05) is 12.1 Å². The Bertz CT molecular complexity index is 912. The largest absolute Gasteiger partial charge is 0.293 e. The summed E-state index contributed by atoms with van der Waals surface area (Å²) in [5.74, 6) is 1.13. The summed E-state index contributed by atoms with van der Waals surface area (Å²) in [5, 5.41) is 4.32. The first-order valence-electron chi connectivity index (χ1n) is 8.48. The molecule has 122 valence electrons. The highest BCUT2D eigenvalue weighted by atomic mass is 15.2. The number of benzene rings is 1. The molecule has 3 aromatic rings. The third kappa shape index (κ3) is 2.70. The first-order chi connectivity index (χ1) is 11.6. The Labute approximate surface area is 141 Å². The Morgan fingerprint density at radius 3 is 2.33 bits per heavy atom. The fraction of sp³-hybridized carbons (Fsp3) is 0.368. The molecule has 0 amide bonds. The van der Waals surface area contributed by atoms with Gasteiger partial charge in [-0.3, -0.25) is 5.32 Å². The Morgan fingerprint density at radius 2 is 1.54 bits per heavy atom. The summed E-state index contributed by atoms with van der Waals surface area (Å²) in [6.07, 6.45) is 4.75. The summed E-state index contributed by atoms with van der Waals surface area (Å²) >= 11 is 0. The molecule has 0 bridgehead atoms. The zero-order valence-electron chi connectivity index (χ0n) is 14.3. The van der Waals surface area contributed by atoms with Crippen molar-refractivity contribution >= 4 is 22.8 Å². The van der Waals surface area contributed by atoms with Crippen molar-refractivity contribution in [3.05, 3.63) is 46.4 Å². The van der Waals surface area contributed by atoms with Crippen molar-refractivity contribution in [1.82, 2.24) is 19.9 Å². The Hall–Kier alpha value is -2.56. The van der Waals surface area contributed by atoms with Crippen LogP contribution < -0.4 is 5.32 Å². The highest BCUT2D eigenvalue weighted by Crippen LogP contribution is 2.29. The first-order valence-corrected chi connectivity index (χ1v) is 8.48. The molecule has 0 atom stereocenters. The van der Waals surface area contributed by atoms with Crippen LogP contribution in [0.25, 0.3) is 10.9 Å². The Kier molecular flexibility index (Phi) is 3.63. The van der Waals surface area contributed by atoms with Gasteiger partial charge in [0, 0.05) is 16.8 Å². The number of hydrogen-bond acceptors (Lipinski definition) is 5. The molecule has 5 heteroatoms. The lowest BCUT2D eigenvalue weighted by atomic mass is 9.89. The molecule has 4 rings (SSSR count). The number of anilines is 2. The van der Waals surface area contributed by atoms with Crippen LogP contribution in [0.15, 0.2) is 18.2 Å². The summed E-state index contributed by atoms with van der Waals surface area (Å²) < 4.78 is 0. The number of aryl methyl sites for hydroxylation is 5. The monoisotopic (exact) mass is 319 g/mol. The number of aromatic nitrogens is 4. The van der Waals surface area contributed by atoms with Crippen molar-refractivity contribution in [3.8, 4) is 0 Å². The topological polar surface area (TPSA) is 63.6 Å². The highest BCUT2D eigenvalue weighted by molar-refractivity contribution is 5.86. The van der Waals surface area contributed by atoms with E-state index in [1.807, 2.05) is 26.8 Å². The van der Waals surface area contributed by atoms with E-state index in [1.165, 1.54) is 24.0 Å². The van der Waals surface area contributed by atoms with E-state index in [4.69, 9.17) is 4.98 Å². The van der Waals surface area contributed by atoms with Crippen LogP contribution >= 0.6 is 0 Å². The summed E-state index contributed by atoms with van der Waals surface area (Å²) in [5.41, 5.74) is 6.74. The molecule has 0 saturated heterocycles. The summed E-state index contributed by atoms with van der Waals surface area (Å²) in [7, 11) is 0. The van der Waals surface area contributed by atoms with Gasteiger partial charge in [-0.2, -0.15) is 0 Å². The number of hydrogen-bond donors (Lipinski definition) is 1. The van der Waals surface area contributed by atoms with Crippen molar-refractivity contribution in [2.45, 2.75) is 46.5 Å². The maximum Gasteiger partial charge on any atom is 0.230 e. The normalized spacial score (nSPS) is 13.8. The van der Waals surface area contributed by atoms with E-state index >= 15 is 0 Å². The molecule has 5 nitrogen and oxygen atoms in total. The van der Waals surface area contributed by atoms with Gasteiger partial charge in [-0.05, 0) is 63.6 Å². The van der Waals surface area contributed by atoms with Crippen LogP contribution in [0.3, 0.4) is 0 Å². The molecule has 1 aliphatic rings. The molecule has 0 saturated carbocycles. The molecule has 0 radical (unpaired) electrons. The molecule has 2 heterocycles. The van der Waals surface area contributed by atoms with Gasteiger partial charge in [0.1, 0.15) is 0 Å². The van der Waals surface area contributed by atoms with Crippen LogP contribution in [0.4, 0.5) is 11.9 Å². The molecule has 0 spiro atoms. The highest BCUT2D eigenvalue weighted by Gasteiger charge is 2.16. The molecular formula is C19H21N5. The standard InChI is InChI=1S/C19H21N5/c1-11-10-12(2)21-18(20-11)24-19-22-13(3)15-9-8-14-6-4-5-7-16(14)17(15)23-19/h8-10H,4-7H2,1-3H3,(H,20,21,22,23,24). The van der Waals surface area contributed by atoms with Crippen LogP contribution in [-0.2, 0) is 12.8 Å². The third-order valence-electron chi connectivity index (χ3n) is 4.59. The molecule has 0 aliphatic heterocycles. The lowest BCUT2D eigenvalue weighted by Gasteiger charge is -2.18. The fourth-order valence-electron chi connectivity index (χ4n) is 3.52. The molecule has 1 aromatic carbocycles. The number of nitrogens with zero attached hydrogens (tertiary/aromatic N) is 4. The van der Waals surface area contributed by atoms with Crippen LogP contribution in [-0.4, -0.2) is 19.9 Å². The van der Waals surface area contributed by atoms with Crippen LogP contribution in [0.1, 0.15) is 41.1 Å². The molecule has 2 aromatic heterocycles. The van der Waals surface area contributed by atoms with Crippen LogP contribution in [0, 0.1) is 20.8 Å². The number of nitrogens with one attached hydrogen (secondary N) is 1. The predicted molar refractivity (Wildman–Crippen MR) is 95.7 cm³/mol. The van der Waals surface area contributed by atoms with Gasteiger partial charge >= 0.3 is 0 Å². The van der Waals surface area contributed by atoms with E-state index < -0.39 is 0 Å². The lowest BCUT2D eigenvalue weighted by molar-refractivity contribution is 0.689. The van der Waals surface area contributed by atoms with Crippen molar-refractivity contribution in [2.75, 3.05) is 5.32 Å². The second-order valence-corrected chi connectivity index (χ2v) is 6.54. The van der Waals surface area contributed by atoms with E-state index in [-0.39, 0.29) is 0 Å². The summed E-state index contributed by atoms with van der Waals surface area (Å²) in [6, 6.07) is 6.35. The van der Waals surface area contributed by atoms with Gasteiger partial charge < -0.3 is 0 Å². The minimum absolute atomic E-state index is 0.552. The van der Waals surface area contributed by atoms with E-state index in [2.05, 4.69) is 32.4 Å². The van der Waals surface area contributed by atoms with E-state index in [0.29, 0.717) is 11.9 Å². The second-order valence-electron chi connectivity index (χ2n) is 6.54. The minimum atomic E-state index is 0.552. The van der Waals surface area contributed by atoms with E-state index in [9.17, 15) is 0 Å². The zero-order chi connectivity index (χ0) is 16.7. The molecule has 0 fully saturated rings. The van der Waals surface area contributed by atoms with Gasteiger partial charge in [-0.25, -0.2) is 19.9 Å². The van der Waals surface area contributed by atoms with Gasteiger partial charge in [0.05, 0.1) is 11.2 Å². The zero-order valence-corrected chi connectivity index (χ0v) is 14.3. The SMILES string of the molecule is Cc1cc(C)nc(Nc2nc(C)c3ccc4c(c3n2)CCCC4)n1. The minimum Gasteiger partial charge on any atom is -0.293 e. The van der Waals surface area contributed by atoms with Crippen molar-refractivity contribution in [2.24, 2.45) is 0 Å². The van der Waals surface area contributed by atoms with Gasteiger partial charge in [0.2, 0.25) is 11.9 Å². The number of rotatable bonds is 2. The van der Waals surface area contributed by atoms with E-state index in [0.717, 1.165) is 40.8 Å². The molecule has 0 unspecified atom stereocenters. The maximum absolute atomic E-state index is 4.80. The summed E-state index contributed by atoms with van der Waals surface area (Å²) in [4.78, 5) is 18.3. The average molecular weight is 319 g/mol. The molecule has 24 heavy (non-hydrogen) atoms. The van der Waals surface area contributed by atoms with Crippen LogP contribution in [0.2, 0.25) is 0 Å². The second kappa shape index (κ2) is 5.82. The van der Waals surface area contributed by atoms with Gasteiger partial charge in [0.25, 0.3) is 0 Å². The van der Waals surface area contributed by atoms with Crippen molar-refractivity contribution in [1.29, 1.82) is 0 Å².